The minimum Gasteiger partial charge on any atom is -0.451 e. The van der Waals surface area contributed by atoms with Crippen LogP contribution in [0, 0.1) is 0 Å². The molecule has 0 aliphatic carbocycles. The van der Waals surface area contributed by atoms with Crippen LogP contribution in [0.5, 0.6) is 0 Å². The molecule has 0 aliphatic heterocycles. The maximum Gasteiger partial charge on any atom is 0.287 e. The molecule has 3 N–H and O–H groups in total. The maximum atomic E-state index is 12.2. The summed E-state index contributed by atoms with van der Waals surface area (Å²) in [5.74, 6) is -0.0127. The van der Waals surface area contributed by atoms with Crippen molar-refractivity contribution in [3.05, 3.63) is 60.1 Å². The molecule has 2 heterocycles. The van der Waals surface area contributed by atoms with Gasteiger partial charge in [0.15, 0.2) is 5.76 Å². The van der Waals surface area contributed by atoms with Crippen molar-refractivity contribution in [1.29, 1.82) is 0 Å². The molecule has 0 spiro atoms. The summed E-state index contributed by atoms with van der Waals surface area (Å²) in [6.07, 6.45) is 1.70. The summed E-state index contributed by atoms with van der Waals surface area (Å²) >= 11 is 0. The van der Waals surface area contributed by atoms with Crippen LogP contribution in [-0.2, 0) is 0 Å². The molecule has 1 atom stereocenters. The molecule has 0 saturated carbocycles. The number of amides is 1. The summed E-state index contributed by atoms with van der Waals surface area (Å²) in [6.45, 7) is 1.88. The topological polar surface area (TPSA) is 81.2 Å². The zero-order valence-electron chi connectivity index (χ0n) is 11.5. The molecule has 3 aromatic rings. The number of nitrogens with one attached hydrogen (secondary N) is 1. The average molecular weight is 281 g/mol. The highest BCUT2D eigenvalue weighted by Crippen LogP contribution is 2.22. The van der Waals surface area contributed by atoms with Gasteiger partial charge in [-0.15, -0.1) is 0 Å². The van der Waals surface area contributed by atoms with Crippen molar-refractivity contribution < 1.29 is 9.21 Å². The molecule has 106 valence electrons. The van der Waals surface area contributed by atoms with Crippen LogP contribution >= 0.6 is 0 Å². The van der Waals surface area contributed by atoms with Gasteiger partial charge in [0.1, 0.15) is 5.58 Å². The molecule has 0 saturated heterocycles. The van der Waals surface area contributed by atoms with Gasteiger partial charge in [0.2, 0.25) is 0 Å². The van der Waals surface area contributed by atoms with Gasteiger partial charge in [-0.2, -0.15) is 0 Å². The van der Waals surface area contributed by atoms with Crippen molar-refractivity contribution in [2.24, 2.45) is 0 Å². The summed E-state index contributed by atoms with van der Waals surface area (Å²) < 4.78 is 5.53. The molecule has 0 aliphatic rings. The lowest BCUT2D eigenvalue weighted by Gasteiger charge is -2.11. The molecule has 0 fully saturated rings. The Kier molecular flexibility index (Phi) is 3.31. The van der Waals surface area contributed by atoms with E-state index in [2.05, 4.69) is 10.3 Å². The van der Waals surface area contributed by atoms with Crippen LogP contribution in [0.1, 0.15) is 29.2 Å². The Hall–Kier alpha value is -2.82. The summed E-state index contributed by atoms with van der Waals surface area (Å²) in [4.78, 5) is 16.4. The third kappa shape index (κ3) is 2.72. The molecule has 5 heteroatoms. The van der Waals surface area contributed by atoms with E-state index in [1.165, 1.54) is 0 Å². The van der Waals surface area contributed by atoms with E-state index in [4.69, 9.17) is 10.2 Å². The Morgan fingerprint density at radius 1 is 1.29 bits per heavy atom. The minimum absolute atomic E-state index is 0.197. The molecule has 21 heavy (non-hydrogen) atoms. The van der Waals surface area contributed by atoms with Crippen LogP contribution in [-0.4, -0.2) is 10.9 Å². The summed E-state index contributed by atoms with van der Waals surface area (Å²) in [6, 6.07) is 12.3. The number of nitrogens with zero attached hydrogens (tertiary/aromatic N) is 1. The number of rotatable bonds is 3. The lowest BCUT2D eigenvalue weighted by Crippen LogP contribution is -2.26. The van der Waals surface area contributed by atoms with E-state index in [0.717, 1.165) is 11.1 Å². The first kappa shape index (κ1) is 13.2. The predicted octanol–water partition coefficient (Wildman–Crippen LogP) is 2.90. The predicted molar refractivity (Wildman–Crippen MR) is 80.7 cm³/mol. The van der Waals surface area contributed by atoms with E-state index in [0.29, 0.717) is 11.3 Å². The Balaban J connectivity index is 1.80. The van der Waals surface area contributed by atoms with Crippen LogP contribution in [0.25, 0.3) is 11.0 Å². The lowest BCUT2D eigenvalue weighted by molar-refractivity contribution is 0.0913. The lowest BCUT2D eigenvalue weighted by atomic mass is 10.2. The van der Waals surface area contributed by atoms with E-state index in [-0.39, 0.29) is 17.7 Å². The Morgan fingerprint density at radius 3 is 2.90 bits per heavy atom. The van der Waals surface area contributed by atoms with Crippen LogP contribution in [0.2, 0.25) is 0 Å². The normalized spacial score (nSPS) is 12.2. The number of carbonyl (C=O) groups is 1. The maximum absolute atomic E-state index is 12.2. The number of anilines is 1. The highest BCUT2D eigenvalue weighted by Gasteiger charge is 2.16. The van der Waals surface area contributed by atoms with Gasteiger partial charge >= 0.3 is 0 Å². The molecular weight excluding hydrogens is 266 g/mol. The second-order valence-electron chi connectivity index (χ2n) is 4.86. The van der Waals surface area contributed by atoms with Crippen molar-refractivity contribution in [2.45, 2.75) is 13.0 Å². The zero-order chi connectivity index (χ0) is 14.8. The fourth-order valence-electron chi connectivity index (χ4n) is 2.15. The van der Waals surface area contributed by atoms with Crippen molar-refractivity contribution in [2.75, 3.05) is 5.73 Å². The van der Waals surface area contributed by atoms with Gasteiger partial charge in [-0.25, -0.2) is 0 Å². The molecule has 3 rings (SSSR count). The van der Waals surface area contributed by atoms with E-state index in [9.17, 15) is 4.79 Å². The first-order valence-electron chi connectivity index (χ1n) is 6.64. The van der Waals surface area contributed by atoms with Crippen molar-refractivity contribution in [3.63, 3.8) is 0 Å². The Morgan fingerprint density at radius 2 is 2.14 bits per heavy atom. The van der Waals surface area contributed by atoms with Crippen molar-refractivity contribution >= 4 is 22.6 Å². The fourth-order valence-corrected chi connectivity index (χ4v) is 2.15. The van der Waals surface area contributed by atoms with Gasteiger partial charge in [-0.1, -0.05) is 6.07 Å². The summed E-state index contributed by atoms with van der Waals surface area (Å²) in [5, 5.41) is 3.67. The number of aromatic nitrogens is 1. The van der Waals surface area contributed by atoms with E-state index >= 15 is 0 Å². The largest absolute Gasteiger partial charge is 0.451 e. The number of hydrogen-bond acceptors (Lipinski definition) is 4. The summed E-state index contributed by atoms with van der Waals surface area (Å²) in [7, 11) is 0. The molecule has 1 unspecified atom stereocenters. The van der Waals surface area contributed by atoms with E-state index < -0.39 is 0 Å². The van der Waals surface area contributed by atoms with Gasteiger partial charge in [-0.05, 0) is 43.3 Å². The Labute approximate surface area is 121 Å². The van der Waals surface area contributed by atoms with Gasteiger partial charge < -0.3 is 15.5 Å². The number of benzene rings is 1. The number of pyridine rings is 1. The zero-order valence-corrected chi connectivity index (χ0v) is 11.5. The van der Waals surface area contributed by atoms with Gasteiger partial charge in [0, 0.05) is 17.3 Å². The molecular formula is C16H15N3O2. The van der Waals surface area contributed by atoms with E-state index in [1.54, 1.807) is 30.5 Å². The third-order valence-corrected chi connectivity index (χ3v) is 3.24. The third-order valence-electron chi connectivity index (χ3n) is 3.24. The van der Waals surface area contributed by atoms with E-state index in [1.807, 2.05) is 25.1 Å². The SMILES string of the molecule is CC(NC(=O)c1cc2cc(N)ccc2o1)c1ccccn1. The minimum atomic E-state index is -0.275. The highest BCUT2D eigenvalue weighted by atomic mass is 16.3. The van der Waals surface area contributed by atoms with Crippen LogP contribution < -0.4 is 11.1 Å². The molecule has 0 bridgehead atoms. The number of fused-ring (bicyclic) bond motifs is 1. The second-order valence-corrected chi connectivity index (χ2v) is 4.86. The average Bonchev–Trinajstić information content (AvgIpc) is 2.91. The second kappa shape index (κ2) is 5.28. The quantitative estimate of drug-likeness (QED) is 0.723. The monoisotopic (exact) mass is 281 g/mol. The van der Waals surface area contributed by atoms with Crippen LogP contribution in [0.4, 0.5) is 5.69 Å². The Bertz CT molecular complexity index is 781. The molecule has 1 aromatic carbocycles. The van der Waals surface area contributed by atoms with Crippen LogP contribution in [0.3, 0.4) is 0 Å². The first-order valence-corrected chi connectivity index (χ1v) is 6.64. The van der Waals surface area contributed by atoms with Gasteiger partial charge in [0.25, 0.3) is 5.91 Å². The highest BCUT2D eigenvalue weighted by molar-refractivity contribution is 5.96. The fraction of sp³-hybridized carbons (Fsp3) is 0.125. The van der Waals surface area contributed by atoms with Gasteiger partial charge in [-0.3, -0.25) is 9.78 Å². The van der Waals surface area contributed by atoms with Crippen molar-refractivity contribution in [3.8, 4) is 0 Å². The molecule has 1 amide bonds. The number of nitrogens with two attached hydrogens (primary N) is 1. The number of carbonyl (C=O) groups excluding carboxylic acids is 1. The summed E-state index contributed by atoms with van der Waals surface area (Å²) in [5.41, 5.74) is 7.79. The van der Waals surface area contributed by atoms with Crippen LogP contribution in [0.15, 0.2) is 53.1 Å². The first-order chi connectivity index (χ1) is 10.1. The number of furan rings is 1. The van der Waals surface area contributed by atoms with Gasteiger partial charge in [0.05, 0.1) is 11.7 Å². The standard InChI is InChI=1S/C16H15N3O2/c1-10(13-4-2-3-7-18-13)19-16(20)15-9-11-8-12(17)5-6-14(11)21-15/h2-10H,17H2,1H3,(H,19,20). The molecule has 5 nitrogen and oxygen atoms in total. The molecule has 0 radical (unpaired) electrons. The number of hydrogen-bond donors (Lipinski definition) is 2. The molecule has 2 aromatic heterocycles. The smallest absolute Gasteiger partial charge is 0.287 e. The van der Waals surface area contributed by atoms with Crippen molar-refractivity contribution in [1.82, 2.24) is 10.3 Å². The number of nitrogen functional groups attached to an aromatic ring is 1.